The van der Waals surface area contributed by atoms with Crippen molar-refractivity contribution in [2.45, 2.75) is 70.3 Å². The first-order chi connectivity index (χ1) is 20.3. The second-order valence-corrected chi connectivity index (χ2v) is 11.4. The van der Waals surface area contributed by atoms with Gasteiger partial charge in [-0.25, -0.2) is 0 Å². The molecule has 0 fully saturated rings. The van der Waals surface area contributed by atoms with Crippen molar-refractivity contribution in [3.05, 3.63) is 83.4 Å². The van der Waals surface area contributed by atoms with Crippen LogP contribution in [0.5, 0.6) is 23.0 Å². The molecule has 0 saturated carbocycles. The minimum Gasteiger partial charge on any atom is -0.504 e. The summed E-state index contributed by atoms with van der Waals surface area (Å²) in [5.74, 6) is 5.53. The Bertz CT molecular complexity index is 1390. The summed E-state index contributed by atoms with van der Waals surface area (Å²) in [6, 6.07) is 20.0. The second-order valence-electron chi connectivity index (χ2n) is 11.4. The summed E-state index contributed by atoms with van der Waals surface area (Å²) >= 11 is 0. The number of hydrogen-bond acceptors (Lipinski definition) is 6. The Balaban J connectivity index is 1.76. The average molecular weight is 571 g/mol. The van der Waals surface area contributed by atoms with Crippen LogP contribution in [0.4, 0.5) is 0 Å². The fraction of sp³-hybridized carbons (Fsp3) is 0.417. The Hall–Kier alpha value is -3.95. The number of unbranched alkanes of at least 4 members (excludes halogenated alkanes) is 2. The van der Waals surface area contributed by atoms with Gasteiger partial charge in [-0.1, -0.05) is 74.6 Å². The number of carbonyl (C=O) groups excluding carboxylic acids is 1. The molecule has 1 aliphatic carbocycles. The van der Waals surface area contributed by atoms with Crippen LogP contribution >= 0.6 is 0 Å². The monoisotopic (exact) mass is 570 g/mol. The number of methoxy groups -OCH3 is 1. The second kappa shape index (κ2) is 14.8. The standard InChI is InChI=1S/C36H42O6/c1-3-4-6-14-29-33(39)23-30(27-16-18-32(38)35(22-27)42-2)26(19-24-10-7-5-8-11-24)12-9-13-28(36(29)41)20-25-15-17-31(37)34(40)21-25/h5,7-8,10-11,15-18,21-22,26,28-30,36-38,40-41H,3-4,6,13-14,19-20,23H2,1-2H3/t26-,28+,29+,30+,36-/m1/s1. The van der Waals surface area contributed by atoms with E-state index in [-0.39, 0.29) is 47.2 Å². The molecule has 3 aromatic carbocycles. The van der Waals surface area contributed by atoms with Crippen molar-refractivity contribution in [2.24, 2.45) is 17.8 Å². The largest absolute Gasteiger partial charge is 0.504 e. The third kappa shape index (κ3) is 7.86. The minimum atomic E-state index is -0.903. The molecule has 3 aromatic rings. The number of aromatic hydroxyl groups is 3. The Morgan fingerprint density at radius 3 is 2.36 bits per heavy atom. The number of carbonyl (C=O) groups is 1. The van der Waals surface area contributed by atoms with Gasteiger partial charge in [0, 0.05) is 36.5 Å². The fourth-order valence-corrected chi connectivity index (χ4v) is 6.05. The third-order valence-electron chi connectivity index (χ3n) is 8.45. The quantitative estimate of drug-likeness (QED) is 0.125. The van der Waals surface area contributed by atoms with Crippen LogP contribution in [0.3, 0.4) is 0 Å². The molecule has 0 heterocycles. The van der Waals surface area contributed by atoms with Crippen LogP contribution in [0.2, 0.25) is 0 Å². The molecule has 0 aromatic heterocycles. The van der Waals surface area contributed by atoms with Gasteiger partial charge in [-0.2, -0.15) is 0 Å². The summed E-state index contributed by atoms with van der Waals surface area (Å²) in [6.07, 6.45) is 4.17. The fourth-order valence-electron chi connectivity index (χ4n) is 6.05. The van der Waals surface area contributed by atoms with Gasteiger partial charge in [-0.3, -0.25) is 4.79 Å². The van der Waals surface area contributed by atoms with Crippen molar-refractivity contribution in [3.63, 3.8) is 0 Å². The number of rotatable bonds is 10. The summed E-state index contributed by atoms with van der Waals surface area (Å²) in [4.78, 5) is 14.2. The highest BCUT2D eigenvalue weighted by Crippen LogP contribution is 2.39. The molecule has 1 aliphatic rings. The van der Waals surface area contributed by atoms with Crippen molar-refractivity contribution in [2.75, 3.05) is 7.11 Å². The highest BCUT2D eigenvalue weighted by atomic mass is 16.5. The van der Waals surface area contributed by atoms with Crippen molar-refractivity contribution in [1.29, 1.82) is 0 Å². The van der Waals surface area contributed by atoms with E-state index in [9.17, 15) is 25.2 Å². The van der Waals surface area contributed by atoms with Crippen LogP contribution in [0.1, 0.15) is 68.1 Å². The molecule has 6 nitrogen and oxygen atoms in total. The molecule has 0 saturated heterocycles. The predicted molar refractivity (Wildman–Crippen MR) is 164 cm³/mol. The number of hydrogen-bond donors (Lipinski definition) is 4. The van der Waals surface area contributed by atoms with Crippen LogP contribution < -0.4 is 4.74 Å². The van der Waals surface area contributed by atoms with E-state index in [4.69, 9.17) is 4.74 Å². The van der Waals surface area contributed by atoms with Crippen LogP contribution in [0, 0.1) is 29.6 Å². The third-order valence-corrected chi connectivity index (χ3v) is 8.45. The van der Waals surface area contributed by atoms with Gasteiger partial charge in [-0.05, 0) is 60.2 Å². The normalized spacial score (nSPS) is 22.6. The zero-order valence-electron chi connectivity index (χ0n) is 24.5. The van der Waals surface area contributed by atoms with Gasteiger partial charge >= 0.3 is 0 Å². The van der Waals surface area contributed by atoms with Crippen molar-refractivity contribution in [3.8, 4) is 34.8 Å². The number of ketones is 1. The maximum Gasteiger partial charge on any atom is 0.160 e. The lowest BCUT2D eigenvalue weighted by Gasteiger charge is -2.32. The molecule has 5 atom stereocenters. The lowest BCUT2D eigenvalue weighted by molar-refractivity contribution is -0.128. The van der Waals surface area contributed by atoms with E-state index in [1.54, 1.807) is 18.2 Å². The summed E-state index contributed by atoms with van der Waals surface area (Å²) < 4.78 is 5.40. The first-order valence-electron chi connectivity index (χ1n) is 14.9. The lowest BCUT2D eigenvalue weighted by Crippen LogP contribution is -2.37. The predicted octanol–water partition coefficient (Wildman–Crippen LogP) is 6.54. The van der Waals surface area contributed by atoms with E-state index in [0.29, 0.717) is 31.4 Å². The zero-order valence-corrected chi connectivity index (χ0v) is 24.5. The summed E-state index contributed by atoms with van der Waals surface area (Å²) in [6.45, 7) is 2.11. The van der Waals surface area contributed by atoms with Crippen LogP contribution in [-0.2, 0) is 17.6 Å². The van der Waals surface area contributed by atoms with Crippen LogP contribution in [0.15, 0.2) is 66.7 Å². The summed E-state index contributed by atoms with van der Waals surface area (Å²) in [5.41, 5.74) is 2.75. The molecule has 0 radical (unpaired) electrons. The average Bonchev–Trinajstić information content (AvgIpc) is 2.99. The van der Waals surface area contributed by atoms with E-state index < -0.39 is 12.0 Å². The van der Waals surface area contributed by atoms with Gasteiger partial charge in [0.25, 0.3) is 0 Å². The van der Waals surface area contributed by atoms with Gasteiger partial charge in [-0.15, -0.1) is 5.92 Å². The number of ether oxygens (including phenoxy) is 1. The molecule has 4 rings (SSSR count). The Labute approximate surface area is 249 Å². The lowest BCUT2D eigenvalue weighted by atomic mass is 9.73. The van der Waals surface area contributed by atoms with E-state index in [1.807, 2.05) is 24.3 Å². The summed E-state index contributed by atoms with van der Waals surface area (Å²) in [5, 5.41) is 41.8. The van der Waals surface area contributed by atoms with Crippen molar-refractivity contribution >= 4 is 5.78 Å². The topological polar surface area (TPSA) is 107 Å². The van der Waals surface area contributed by atoms with Gasteiger partial charge < -0.3 is 25.2 Å². The Kier molecular flexibility index (Phi) is 10.9. The van der Waals surface area contributed by atoms with E-state index >= 15 is 0 Å². The van der Waals surface area contributed by atoms with E-state index in [2.05, 4.69) is 30.9 Å². The number of phenolic OH excluding ortho intramolecular Hbond substituents is 3. The summed E-state index contributed by atoms with van der Waals surface area (Å²) in [7, 11) is 1.51. The SMILES string of the molecule is CCCCC[C@H]1C(=O)C[C@H](c2ccc(O)c(OC)c2)[C@@H](Cc2ccccc2)C#CC[C@@H](Cc2ccc(O)c(O)c2)[C@H]1O. The van der Waals surface area contributed by atoms with Crippen LogP contribution in [-0.4, -0.2) is 39.4 Å². The molecule has 4 N–H and O–H groups in total. The number of phenols is 3. The maximum absolute atomic E-state index is 14.2. The molecular formula is C36H42O6. The number of aliphatic hydroxyl groups is 1. The molecule has 0 unspecified atom stereocenters. The van der Waals surface area contributed by atoms with Gasteiger partial charge in [0.15, 0.2) is 23.0 Å². The van der Waals surface area contributed by atoms with Gasteiger partial charge in [0.1, 0.15) is 5.78 Å². The molecule has 6 heteroatoms. The molecule has 0 bridgehead atoms. The highest BCUT2D eigenvalue weighted by Gasteiger charge is 2.36. The molecule has 0 spiro atoms. The van der Waals surface area contributed by atoms with E-state index in [0.717, 1.165) is 36.0 Å². The Morgan fingerprint density at radius 2 is 1.64 bits per heavy atom. The minimum absolute atomic E-state index is 0.0101. The molecule has 0 aliphatic heterocycles. The molecule has 42 heavy (non-hydrogen) atoms. The molecule has 0 amide bonds. The Morgan fingerprint density at radius 1 is 0.881 bits per heavy atom. The zero-order chi connectivity index (χ0) is 30.1. The first-order valence-corrected chi connectivity index (χ1v) is 14.9. The smallest absolute Gasteiger partial charge is 0.160 e. The number of Topliss-reactive ketones (excluding diaryl/α,β-unsaturated/α-hetero) is 1. The van der Waals surface area contributed by atoms with Gasteiger partial charge in [0.2, 0.25) is 0 Å². The van der Waals surface area contributed by atoms with Crippen molar-refractivity contribution < 1.29 is 30.0 Å². The highest BCUT2D eigenvalue weighted by molar-refractivity contribution is 5.82. The first kappa shape index (κ1) is 31.0. The number of benzene rings is 3. The molecule has 222 valence electrons. The van der Waals surface area contributed by atoms with Gasteiger partial charge in [0.05, 0.1) is 13.2 Å². The molecular weight excluding hydrogens is 528 g/mol. The maximum atomic E-state index is 14.2. The van der Waals surface area contributed by atoms with Crippen LogP contribution in [0.25, 0.3) is 0 Å². The van der Waals surface area contributed by atoms with Crippen molar-refractivity contribution in [1.82, 2.24) is 0 Å². The number of aliphatic hydroxyl groups excluding tert-OH is 1. The van der Waals surface area contributed by atoms with E-state index in [1.165, 1.54) is 19.2 Å².